The Morgan fingerprint density at radius 3 is 2.34 bits per heavy atom. The molecule has 0 radical (unpaired) electrons. The van der Waals surface area contributed by atoms with E-state index in [4.69, 9.17) is 37.4 Å². The lowest BCUT2D eigenvalue weighted by Gasteiger charge is -2.10. The predicted octanol–water partition coefficient (Wildman–Crippen LogP) is 7.14. The number of aromatic nitrogens is 1. The highest BCUT2D eigenvalue weighted by Crippen LogP contribution is 2.37. The molecule has 0 aliphatic heterocycles. The molecule has 1 heterocycles. The molecular weight excluding hydrogens is 565 g/mol. The van der Waals surface area contributed by atoms with Gasteiger partial charge in [-0.25, -0.2) is 10.2 Å². The van der Waals surface area contributed by atoms with Crippen molar-refractivity contribution in [2.45, 2.75) is 0 Å². The smallest absolute Gasteiger partial charge is 0.343 e. The molecule has 0 unspecified atom stereocenters. The third-order valence-electron chi connectivity index (χ3n) is 6.21. The summed E-state index contributed by atoms with van der Waals surface area (Å²) in [5.41, 5.74) is 5.86. The Hall–Kier alpha value is -4.79. The van der Waals surface area contributed by atoms with E-state index in [2.05, 4.69) is 15.5 Å². The Morgan fingerprint density at radius 1 is 0.878 bits per heavy atom. The van der Waals surface area contributed by atoms with Crippen LogP contribution in [0.5, 0.6) is 17.2 Å². The van der Waals surface area contributed by atoms with Gasteiger partial charge < -0.3 is 19.2 Å². The minimum Gasteiger partial charge on any atom is -0.497 e. The Bertz CT molecular complexity index is 1770. The zero-order valence-corrected chi connectivity index (χ0v) is 23.4. The fraction of sp³-hybridized carbons (Fsp3) is 0.0645. The van der Waals surface area contributed by atoms with Crippen LogP contribution in [0.2, 0.25) is 10.0 Å². The zero-order chi connectivity index (χ0) is 28.9. The molecule has 5 aromatic rings. The molecule has 4 aromatic carbocycles. The number of amides is 1. The molecule has 0 fully saturated rings. The number of hydrogen-bond acceptors (Lipinski definition) is 6. The first-order valence-electron chi connectivity index (χ1n) is 12.3. The van der Waals surface area contributed by atoms with E-state index in [0.29, 0.717) is 49.1 Å². The van der Waals surface area contributed by atoms with Crippen molar-refractivity contribution in [2.75, 3.05) is 14.2 Å². The van der Waals surface area contributed by atoms with E-state index in [1.165, 1.54) is 13.3 Å². The molecule has 0 aliphatic carbocycles. The SMILES string of the molecule is COc1ccc(C(=O)Oc2ccc(C=NNC(=O)c3[nH]c4c(Cl)cc(Cl)cc4c3-c3ccccc3)cc2OC)cc1. The average molecular weight is 588 g/mol. The number of fused-ring (bicyclic) bond motifs is 1. The topological polar surface area (TPSA) is 102 Å². The fourth-order valence-electron chi connectivity index (χ4n) is 4.25. The van der Waals surface area contributed by atoms with Crippen LogP contribution in [0, 0.1) is 0 Å². The van der Waals surface area contributed by atoms with E-state index in [0.717, 1.165) is 5.56 Å². The normalized spacial score (nSPS) is 11.0. The van der Waals surface area contributed by atoms with E-state index in [9.17, 15) is 9.59 Å². The summed E-state index contributed by atoms with van der Waals surface area (Å²) in [7, 11) is 3.01. The van der Waals surface area contributed by atoms with Crippen molar-refractivity contribution in [3.05, 3.63) is 112 Å². The molecule has 0 spiro atoms. The summed E-state index contributed by atoms with van der Waals surface area (Å²) in [6.07, 6.45) is 1.45. The van der Waals surface area contributed by atoms with Gasteiger partial charge in [0.1, 0.15) is 11.4 Å². The number of benzene rings is 4. The van der Waals surface area contributed by atoms with Gasteiger partial charge in [0.05, 0.1) is 36.5 Å². The van der Waals surface area contributed by atoms with E-state index in [1.54, 1.807) is 61.7 Å². The third kappa shape index (κ3) is 6.04. The quantitative estimate of drug-likeness (QED) is 0.0869. The number of halogens is 2. The number of H-pyrrole nitrogens is 1. The van der Waals surface area contributed by atoms with Crippen LogP contribution in [0.4, 0.5) is 0 Å². The number of hydrogen-bond donors (Lipinski definition) is 2. The van der Waals surface area contributed by atoms with Gasteiger partial charge in [-0.15, -0.1) is 0 Å². The lowest BCUT2D eigenvalue weighted by molar-refractivity contribution is 0.0729. The first-order valence-corrected chi connectivity index (χ1v) is 13.1. The van der Waals surface area contributed by atoms with Crippen LogP contribution in [-0.4, -0.2) is 37.3 Å². The standard InChI is InChI=1S/C31H23Cl2N3O5/c1-39-22-11-9-20(10-12-22)31(38)41-25-13-8-18(14-26(25)40-2)17-34-36-30(37)29-27(19-6-4-3-5-7-19)23-15-21(32)16-24(33)28(23)35-29/h3-17,35H,1-2H3,(H,36,37). The summed E-state index contributed by atoms with van der Waals surface area (Å²) in [5.74, 6) is 0.157. The van der Waals surface area contributed by atoms with Crippen molar-refractivity contribution in [3.63, 3.8) is 0 Å². The molecule has 206 valence electrons. The van der Waals surface area contributed by atoms with Gasteiger partial charge in [-0.1, -0.05) is 53.5 Å². The second-order valence-corrected chi connectivity index (χ2v) is 9.62. The van der Waals surface area contributed by atoms with E-state index < -0.39 is 11.9 Å². The maximum absolute atomic E-state index is 13.2. The van der Waals surface area contributed by atoms with E-state index in [1.807, 2.05) is 30.3 Å². The number of methoxy groups -OCH3 is 2. The minimum absolute atomic E-state index is 0.232. The Morgan fingerprint density at radius 2 is 1.63 bits per heavy atom. The van der Waals surface area contributed by atoms with Crippen LogP contribution < -0.4 is 19.6 Å². The number of nitrogens with one attached hydrogen (secondary N) is 2. The second kappa shape index (κ2) is 12.2. The fourth-order valence-corrected chi connectivity index (χ4v) is 4.79. The van der Waals surface area contributed by atoms with Gasteiger partial charge in [0.25, 0.3) is 5.91 Å². The second-order valence-electron chi connectivity index (χ2n) is 8.78. The highest BCUT2D eigenvalue weighted by molar-refractivity contribution is 6.39. The number of carbonyl (C=O) groups excluding carboxylic acids is 2. The number of aromatic amines is 1. The van der Waals surface area contributed by atoms with E-state index >= 15 is 0 Å². The molecule has 2 N–H and O–H groups in total. The number of carbonyl (C=O) groups is 2. The van der Waals surface area contributed by atoms with Crippen molar-refractivity contribution >= 4 is 52.2 Å². The zero-order valence-electron chi connectivity index (χ0n) is 21.9. The van der Waals surface area contributed by atoms with Crippen LogP contribution in [-0.2, 0) is 0 Å². The predicted molar refractivity (Wildman–Crippen MR) is 160 cm³/mol. The molecule has 5 rings (SSSR count). The summed E-state index contributed by atoms with van der Waals surface area (Å²) in [6.45, 7) is 0. The minimum atomic E-state index is -0.548. The Kier molecular flexibility index (Phi) is 8.24. The number of nitrogens with zero attached hydrogens (tertiary/aromatic N) is 1. The van der Waals surface area contributed by atoms with Crippen molar-refractivity contribution < 1.29 is 23.8 Å². The van der Waals surface area contributed by atoms with Crippen LogP contribution in [0.25, 0.3) is 22.0 Å². The van der Waals surface area contributed by atoms with Crippen molar-refractivity contribution in [2.24, 2.45) is 5.10 Å². The maximum atomic E-state index is 13.2. The summed E-state index contributed by atoms with van der Waals surface area (Å²) >= 11 is 12.7. The van der Waals surface area contributed by atoms with Gasteiger partial charge in [0, 0.05) is 16.0 Å². The van der Waals surface area contributed by atoms with Crippen LogP contribution in [0.15, 0.2) is 90.0 Å². The van der Waals surface area contributed by atoms with Gasteiger partial charge in [-0.05, 0) is 65.7 Å². The van der Waals surface area contributed by atoms with Crippen molar-refractivity contribution in [3.8, 4) is 28.4 Å². The lowest BCUT2D eigenvalue weighted by atomic mass is 10.0. The number of esters is 1. The molecule has 1 amide bonds. The highest BCUT2D eigenvalue weighted by atomic mass is 35.5. The van der Waals surface area contributed by atoms with Gasteiger partial charge in [0.2, 0.25) is 0 Å². The van der Waals surface area contributed by atoms with E-state index in [-0.39, 0.29) is 11.4 Å². The van der Waals surface area contributed by atoms with Gasteiger partial charge in [0.15, 0.2) is 11.5 Å². The molecule has 0 atom stereocenters. The molecule has 1 aromatic heterocycles. The number of rotatable bonds is 8. The molecule has 0 bridgehead atoms. The molecule has 0 saturated heterocycles. The van der Waals surface area contributed by atoms with Crippen LogP contribution >= 0.6 is 23.2 Å². The molecule has 41 heavy (non-hydrogen) atoms. The summed E-state index contributed by atoms with van der Waals surface area (Å²) in [4.78, 5) is 28.9. The van der Waals surface area contributed by atoms with Crippen LogP contribution in [0.1, 0.15) is 26.4 Å². The Balaban J connectivity index is 1.35. The van der Waals surface area contributed by atoms with Gasteiger partial charge in [-0.3, -0.25) is 4.79 Å². The number of ether oxygens (including phenoxy) is 3. The lowest BCUT2D eigenvalue weighted by Crippen LogP contribution is -2.18. The van der Waals surface area contributed by atoms with Crippen LogP contribution in [0.3, 0.4) is 0 Å². The summed E-state index contributed by atoms with van der Waals surface area (Å²) in [5, 5.41) is 5.68. The summed E-state index contributed by atoms with van der Waals surface area (Å²) in [6, 6.07) is 24.3. The molecule has 0 saturated carbocycles. The molecule has 8 nitrogen and oxygen atoms in total. The summed E-state index contributed by atoms with van der Waals surface area (Å²) < 4.78 is 16.0. The average Bonchev–Trinajstić information content (AvgIpc) is 3.38. The first-order chi connectivity index (χ1) is 19.9. The molecule has 10 heteroatoms. The van der Waals surface area contributed by atoms with Gasteiger partial charge >= 0.3 is 5.97 Å². The monoisotopic (exact) mass is 587 g/mol. The number of hydrazone groups is 1. The third-order valence-corrected chi connectivity index (χ3v) is 6.73. The van der Waals surface area contributed by atoms with Crippen molar-refractivity contribution in [1.82, 2.24) is 10.4 Å². The maximum Gasteiger partial charge on any atom is 0.343 e. The molecular formula is C31H23Cl2N3O5. The molecule has 0 aliphatic rings. The highest BCUT2D eigenvalue weighted by Gasteiger charge is 2.21. The van der Waals surface area contributed by atoms with Gasteiger partial charge in [-0.2, -0.15) is 5.10 Å². The Labute approximate surface area is 245 Å². The largest absolute Gasteiger partial charge is 0.497 e. The van der Waals surface area contributed by atoms with Crippen molar-refractivity contribution in [1.29, 1.82) is 0 Å². The first kappa shape index (κ1) is 27.8.